The number of rotatable bonds is 5. The highest BCUT2D eigenvalue weighted by Gasteiger charge is 2.10. The number of aromatic nitrogens is 2. The summed E-state index contributed by atoms with van der Waals surface area (Å²) in [5.74, 6) is 0.0891. The van der Waals surface area contributed by atoms with Gasteiger partial charge in [-0.05, 0) is 42.5 Å². The summed E-state index contributed by atoms with van der Waals surface area (Å²) >= 11 is 3.33. The van der Waals surface area contributed by atoms with E-state index in [1.54, 1.807) is 12.1 Å². The Kier molecular flexibility index (Phi) is 4.92. The van der Waals surface area contributed by atoms with E-state index in [0.717, 1.165) is 4.47 Å². The van der Waals surface area contributed by atoms with E-state index in [2.05, 4.69) is 20.9 Å². The fourth-order valence-corrected chi connectivity index (χ4v) is 2.63. The fourth-order valence-electron chi connectivity index (χ4n) is 2.26. The van der Waals surface area contributed by atoms with E-state index in [4.69, 9.17) is 4.74 Å². The van der Waals surface area contributed by atoms with Gasteiger partial charge < -0.3 is 9.84 Å². The van der Waals surface area contributed by atoms with Crippen molar-refractivity contribution in [3.05, 3.63) is 69.4 Å². The molecule has 124 valence electrons. The Bertz CT molecular complexity index is 912. The standard InChI is InChI=1S/C17H14BrFN2O3/c18-11-1-6-16-15(7-11)17(23)21(10-20-16)8-13(22)9-24-14-4-2-12(19)3-5-14/h1-7,10,13,22H,8-9H2. The lowest BCUT2D eigenvalue weighted by Crippen LogP contribution is -2.30. The molecule has 5 nitrogen and oxygen atoms in total. The number of fused-ring (bicyclic) bond motifs is 1. The van der Waals surface area contributed by atoms with Gasteiger partial charge in [-0.2, -0.15) is 0 Å². The van der Waals surface area contributed by atoms with Crippen molar-refractivity contribution in [3.8, 4) is 5.75 Å². The normalized spacial score (nSPS) is 12.3. The summed E-state index contributed by atoms with van der Waals surface area (Å²) in [6.07, 6.45) is 0.499. The van der Waals surface area contributed by atoms with Gasteiger partial charge in [0.15, 0.2) is 0 Å². The minimum Gasteiger partial charge on any atom is -0.491 e. The quantitative estimate of drug-likeness (QED) is 0.724. The van der Waals surface area contributed by atoms with Crippen molar-refractivity contribution in [2.45, 2.75) is 12.6 Å². The van der Waals surface area contributed by atoms with Crippen LogP contribution in [0, 0.1) is 5.82 Å². The van der Waals surface area contributed by atoms with Crippen LogP contribution < -0.4 is 10.3 Å². The smallest absolute Gasteiger partial charge is 0.261 e. The summed E-state index contributed by atoms with van der Waals surface area (Å²) < 4.78 is 20.3. The maximum atomic E-state index is 12.8. The lowest BCUT2D eigenvalue weighted by Gasteiger charge is -2.14. The largest absolute Gasteiger partial charge is 0.491 e. The van der Waals surface area contributed by atoms with Crippen LogP contribution in [0.25, 0.3) is 10.9 Å². The highest BCUT2D eigenvalue weighted by Crippen LogP contribution is 2.15. The van der Waals surface area contributed by atoms with Crippen LogP contribution in [-0.4, -0.2) is 27.4 Å². The number of hydrogen-bond acceptors (Lipinski definition) is 4. The minimum absolute atomic E-state index is 0.0193. The van der Waals surface area contributed by atoms with Crippen molar-refractivity contribution >= 4 is 26.8 Å². The highest BCUT2D eigenvalue weighted by molar-refractivity contribution is 9.10. The van der Waals surface area contributed by atoms with Crippen molar-refractivity contribution < 1.29 is 14.2 Å². The van der Waals surface area contributed by atoms with Crippen molar-refractivity contribution in [3.63, 3.8) is 0 Å². The number of aliphatic hydroxyl groups is 1. The summed E-state index contributed by atoms with van der Waals surface area (Å²) in [6, 6.07) is 10.8. The summed E-state index contributed by atoms with van der Waals surface area (Å²) in [4.78, 5) is 16.6. The molecule has 0 radical (unpaired) electrons. The average molecular weight is 393 g/mol. The first kappa shape index (κ1) is 16.6. The van der Waals surface area contributed by atoms with E-state index in [-0.39, 0.29) is 24.5 Å². The first-order valence-electron chi connectivity index (χ1n) is 7.24. The topological polar surface area (TPSA) is 64.4 Å². The van der Waals surface area contributed by atoms with Crippen molar-refractivity contribution in [1.82, 2.24) is 9.55 Å². The lowest BCUT2D eigenvalue weighted by atomic mass is 10.2. The van der Waals surface area contributed by atoms with E-state index >= 15 is 0 Å². The third kappa shape index (κ3) is 3.80. The molecule has 0 spiro atoms. The number of aliphatic hydroxyl groups excluding tert-OH is 1. The molecule has 0 saturated heterocycles. The first-order valence-corrected chi connectivity index (χ1v) is 8.03. The van der Waals surface area contributed by atoms with Crippen LogP contribution in [0.15, 0.2) is 58.1 Å². The Labute approximate surface area is 145 Å². The molecule has 1 N–H and O–H groups in total. The van der Waals surface area contributed by atoms with Gasteiger partial charge >= 0.3 is 0 Å². The van der Waals surface area contributed by atoms with Gasteiger partial charge in [0.25, 0.3) is 5.56 Å². The number of halogens is 2. The molecule has 0 bridgehead atoms. The van der Waals surface area contributed by atoms with Gasteiger partial charge in [0, 0.05) is 4.47 Å². The van der Waals surface area contributed by atoms with Gasteiger partial charge in [-0.25, -0.2) is 9.37 Å². The Balaban J connectivity index is 1.71. The molecule has 0 aliphatic rings. The molecule has 7 heteroatoms. The molecule has 3 rings (SSSR count). The fraction of sp³-hybridized carbons (Fsp3) is 0.176. The Morgan fingerprint density at radius 2 is 2.00 bits per heavy atom. The van der Waals surface area contributed by atoms with E-state index < -0.39 is 6.10 Å². The van der Waals surface area contributed by atoms with Gasteiger partial charge in [-0.15, -0.1) is 0 Å². The van der Waals surface area contributed by atoms with Crippen LogP contribution in [-0.2, 0) is 6.54 Å². The Morgan fingerprint density at radius 1 is 1.25 bits per heavy atom. The van der Waals surface area contributed by atoms with Gasteiger partial charge in [0.05, 0.1) is 23.8 Å². The first-order chi connectivity index (χ1) is 11.5. The number of nitrogens with zero attached hydrogens (tertiary/aromatic N) is 2. The van der Waals surface area contributed by atoms with Crippen molar-refractivity contribution in [1.29, 1.82) is 0 Å². The maximum Gasteiger partial charge on any atom is 0.261 e. The predicted octanol–water partition coefficient (Wildman–Crippen LogP) is 2.74. The van der Waals surface area contributed by atoms with E-state index in [9.17, 15) is 14.3 Å². The second kappa shape index (κ2) is 7.11. The SMILES string of the molecule is O=c1c2cc(Br)ccc2ncn1CC(O)COc1ccc(F)cc1. The van der Waals surface area contributed by atoms with Gasteiger partial charge in [0.1, 0.15) is 24.3 Å². The summed E-state index contributed by atoms with van der Waals surface area (Å²) in [5, 5.41) is 10.5. The third-order valence-electron chi connectivity index (χ3n) is 3.45. The summed E-state index contributed by atoms with van der Waals surface area (Å²) in [7, 11) is 0. The molecule has 1 atom stereocenters. The predicted molar refractivity (Wildman–Crippen MR) is 91.6 cm³/mol. The number of hydrogen-bond donors (Lipinski definition) is 1. The van der Waals surface area contributed by atoms with Crippen LogP contribution in [0.4, 0.5) is 4.39 Å². The zero-order chi connectivity index (χ0) is 17.1. The molecule has 0 amide bonds. The second-order valence-corrected chi connectivity index (χ2v) is 6.20. The molecular weight excluding hydrogens is 379 g/mol. The van der Waals surface area contributed by atoms with Crippen molar-refractivity contribution in [2.24, 2.45) is 0 Å². The number of ether oxygens (including phenoxy) is 1. The molecule has 24 heavy (non-hydrogen) atoms. The van der Waals surface area contributed by atoms with Crippen molar-refractivity contribution in [2.75, 3.05) is 6.61 Å². The molecule has 1 unspecified atom stereocenters. The molecule has 3 aromatic rings. The Morgan fingerprint density at radius 3 is 2.75 bits per heavy atom. The maximum absolute atomic E-state index is 12.8. The highest BCUT2D eigenvalue weighted by atomic mass is 79.9. The van der Waals surface area contributed by atoms with Crippen LogP contribution >= 0.6 is 15.9 Å². The molecule has 0 aliphatic heterocycles. The monoisotopic (exact) mass is 392 g/mol. The molecule has 2 aromatic carbocycles. The van der Waals surface area contributed by atoms with Gasteiger partial charge in [-0.3, -0.25) is 9.36 Å². The third-order valence-corrected chi connectivity index (χ3v) is 3.94. The molecule has 0 aliphatic carbocycles. The molecule has 0 saturated carbocycles. The van der Waals surface area contributed by atoms with Gasteiger partial charge in [0.2, 0.25) is 0 Å². The minimum atomic E-state index is -0.904. The van der Waals surface area contributed by atoms with E-state index in [1.165, 1.54) is 35.2 Å². The molecule has 0 fully saturated rings. The van der Waals surface area contributed by atoms with E-state index in [1.807, 2.05) is 6.07 Å². The molecule has 1 heterocycles. The van der Waals surface area contributed by atoms with E-state index in [0.29, 0.717) is 16.7 Å². The van der Waals surface area contributed by atoms with Crippen LogP contribution in [0.5, 0.6) is 5.75 Å². The summed E-state index contributed by atoms with van der Waals surface area (Å²) in [5.41, 5.74) is 0.360. The second-order valence-electron chi connectivity index (χ2n) is 5.28. The van der Waals surface area contributed by atoms with Gasteiger partial charge in [-0.1, -0.05) is 15.9 Å². The zero-order valence-electron chi connectivity index (χ0n) is 12.5. The van der Waals surface area contributed by atoms with Crippen LogP contribution in [0.3, 0.4) is 0 Å². The molecule has 1 aromatic heterocycles. The molecular formula is C17H14BrFN2O3. The van der Waals surface area contributed by atoms with Crippen LogP contribution in [0.2, 0.25) is 0 Å². The Hall–Kier alpha value is -2.25. The average Bonchev–Trinajstić information content (AvgIpc) is 2.57. The summed E-state index contributed by atoms with van der Waals surface area (Å²) in [6.45, 7) is 0.0318. The van der Waals surface area contributed by atoms with Crippen LogP contribution in [0.1, 0.15) is 0 Å². The zero-order valence-corrected chi connectivity index (χ0v) is 14.1. The lowest BCUT2D eigenvalue weighted by molar-refractivity contribution is 0.0914. The number of benzene rings is 2.